The summed E-state index contributed by atoms with van der Waals surface area (Å²) in [7, 11) is 0. The lowest BCUT2D eigenvalue weighted by Crippen LogP contribution is -2.28. The predicted molar refractivity (Wildman–Crippen MR) is 34.0 cm³/mol. The van der Waals surface area contributed by atoms with Gasteiger partial charge in [-0.05, 0) is 6.42 Å². The molecule has 3 heteroatoms. The van der Waals surface area contributed by atoms with Crippen molar-refractivity contribution >= 4 is 0 Å². The van der Waals surface area contributed by atoms with Crippen LogP contribution in [-0.4, -0.2) is 31.0 Å². The van der Waals surface area contributed by atoms with Crippen LogP contribution in [0.3, 0.4) is 0 Å². The van der Waals surface area contributed by atoms with Gasteiger partial charge in [0.05, 0.1) is 12.7 Å². The highest BCUT2D eigenvalue weighted by atomic mass is 16.5. The van der Waals surface area contributed by atoms with Crippen LogP contribution in [0.15, 0.2) is 0 Å². The van der Waals surface area contributed by atoms with Crippen LogP contribution in [0.25, 0.3) is 0 Å². The minimum absolute atomic E-state index is 0.287. The number of hydrogen-bond acceptors (Lipinski definition) is 3. The molecule has 2 atom stereocenters. The molecule has 0 aromatic carbocycles. The molecule has 0 aliphatic carbocycles. The van der Waals surface area contributed by atoms with Gasteiger partial charge in [-0.15, -0.1) is 0 Å². The summed E-state index contributed by atoms with van der Waals surface area (Å²) in [6.07, 6.45) is 0.603. The van der Waals surface area contributed by atoms with Gasteiger partial charge in [0.2, 0.25) is 0 Å². The number of nitrogens with two attached hydrogens (primary N) is 1. The third-order valence-electron chi connectivity index (χ3n) is 1.75. The van der Waals surface area contributed by atoms with Gasteiger partial charge in [0, 0.05) is 19.1 Å². The third-order valence-corrected chi connectivity index (χ3v) is 1.75. The molecule has 9 heavy (non-hydrogen) atoms. The summed E-state index contributed by atoms with van der Waals surface area (Å²) in [6, 6.07) is 0. The number of ether oxygens (including phenoxy) is 1. The van der Waals surface area contributed by atoms with Crippen molar-refractivity contribution in [3.8, 4) is 0 Å². The lowest BCUT2D eigenvalue weighted by atomic mass is 10.0. The van der Waals surface area contributed by atoms with E-state index in [1.165, 1.54) is 0 Å². The van der Waals surface area contributed by atoms with Crippen molar-refractivity contribution in [3.63, 3.8) is 0 Å². The standard InChI is InChI=1S/C6H13NO2/c7-3-6(8)5-1-2-9-4-5/h5-6,8H,1-4,7H2/t5?,6-/m1/s1. The molecule has 0 aromatic heterocycles. The Morgan fingerprint density at radius 1 is 1.78 bits per heavy atom. The van der Waals surface area contributed by atoms with E-state index in [0.29, 0.717) is 13.2 Å². The zero-order chi connectivity index (χ0) is 6.69. The van der Waals surface area contributed by atoms with E-state index in [9.17, 15) is 0 Å². The molecule has 0 bridgehead atoms. The molecule has 0 radical (unpaired) electrons. The molecule has 0 spiro atoms. The Labute approximate surface area is 54.8 Å². The van der Waals surface area contributed by atoms with Crippen LogP contribution in [0.2, 0.25) is 0 Å². The molecule has 0 saturated carbocycles. The van der Waals surface area contributed by atoms with Crippen molar-refractivity contribution in [2.24, 2.45) is 11.7 Å². The quantitative estimate of drug-likeness (QED) is 0.523. The average molecular weight is 131 g/mol. The molecule has 1 rings (SSSR count). The first-order chi connectivity index (χ1) is 4.34. The van der Waals surface area contributed by atoms with Crippen LogP contribution < -0.4 is 5.73 Å². The number of hydrogen-bond donors (Lipinski definition) is 2. The Morgan fingerprint density at radius 2 is 2.56 bits per heavy atom. The maximum Gasteiger partial charge on any atom is 0.0713 e. The van der Waals surface area contributed by atoms with E-state index in [2.05, 4.69) is 0 Å². The molecule has 1 aliphatic rings. The van der Waals surface area contributed by atoms with Gasteiger partial charge in [0.25, 0.3) is 0 Å². The maximum atomic E-state index is 9.15. The van der Waals surface area contributed by atoms with Gasteiger partial charge >= 0.3 is 0 Å². The van der Waals surface area contributed by atoms with Crippen LogP contribution in [0, 0.1) is 5.92 Å². The van der Waals surface area contributed by atoms with E-state index < -0.39 is 0 Å². The molecule has 1 fully saturated rings. The fraction of sp³-hybridized carbons (Fsp3) is 1.00. The van der Waals surface area contributed by atoms with Gasteiger partial charge < -0.3 is 15.6 Å². The summed E-state index contributed by atoms with van der Waals surface area (Å²) < 4.78 is 5.06. The van der Waals surface area contributed by atoms with Gasteiger partial charge in [-0.3, -0.25) is 0 Å². The summed E-state index contributed by atoms with van der Waals surface area (Å²) in [4.78, 5) is 0. The topological polar surface area (TPSA) is 55.5 Å². The van der Waals surface area contributed by atoms with E-state index in [1.54, 1.807) is 0 Å². The lowest BCUT2D eigenvalue weighted by Gasteiger charge is -2.12. The highest BCUT2D eigenvalue weighted by molar-refractivity contribution is 4.72. The van der Waals surface area contributed by atoms with E-state index in [1.807, 2.05) is 0 Å². The zero-order valence-corrected chi connectivity index (χ0v) is 5.42. The van der Waals surface area contributed by atoms with Gasteiger partial charge in [0.1, 0.15) is 0 Å². The second kappa shape index (κ2) is 3.15. The van der Waals surface area contributed by atoms with Crippen LogP contribution in [-0.2, 0) is 4.74 Å². The molecule has 1 saturated heterocycles. The van der Waals surface area contributed by atoms with Crippen molar-refractivity contribution in [2.45, 2.75) is 12.5 Å². The van der Waals surface area contributed by atoms with Crippen molar-refractivity contribution in [1.82, 2.24) is 0 Å². The van der Waals surface area contributed by atoms with Crippen molar-refractivity contribution < 1.29 is 9.84 Å². The van der Waals surface area contributed by atoms with E-state index >= 15 is 0 Å². The summed E-state index contributed by atoms with van der Waals surface area (Å²) in [5, 5.41) is 9.15. The fourth-order valence-corrected chi connectivity index (χ4v) is 1.05. The smallest absolute Gasteiger partial charge is 0.0713 e. The lowest BCUT2D eigenvalue weighted by molar-refractivity contribution is 0.0978. The second-order valence-corrected chi connectivity index (χ2v) is 2.43. The van der Waals surface area contributed by atoms with E-state index in [-0.39, 0.29) is 12.0 Å². The molecular formula is C6H13NO2. The van der Waals surface area contributed by atoms with Gasteiger partial charge in [-0.2, -0.15) is 0 Å². The monoisotopic (exact) mass is 131 g/mol. The molecule has 54 valence electrons. The van der Waals surface area contributed by atoms with Gasteiger partial charge in [-0.25, -0.2) is 0 Å². The summed E-state index contributed by atoms with van der Waals surface area (Å²) >= 11 is 0. The Kier molecular flexibility index (Phi) is 2.45. The average Bonchev–Trinajstić information content (AvgIpc) is 2.37. The molecule has 1 aliphatic heterocycles. The van der Waals surface area contributed by atoms with Crippen LogP contribution >= 0.6 is 0 Å². The summed E-state index contributed by atoms with van der Waals surface area (Å²) in [5.74, 6) is 0.287. The minimum Gasteiger partial charge on any atom is -0.391 e. The molecular weight excluding hydrogens is 118 g/mol. The molecule has 3 N–H and O–H groups in total. The highest BCUT2D eigenvalue weighted by Crippen LogP contribution is 2.15. The van der Waals surface area contributed by atoms with E-state index in [4.69, 9.17) is 15.6 Å². The first kappa shape index (κ1) is 6.99. The van der Waals surface area contributed by atoms with Crippen LogP contribution in [0.4, 0.5) is 0 Å². The number of rotatable bonds is 2. The van der Waals surface area contributed by atoms with Crippen molar-refractivity contribution in [2.75, 3.05) is 19.8 Å². The van der Waals surface area contributed by atoms with Crippen LogP contribution in [0.5, 0.6) is 0 Å². The van der Waals surface area contributed by atoms with Crippen molar-refractivity contribution in [3.05, 3.63) is 0 Å². The minimum atomic E-state index is -0.354. The van der Waals surface area contributed by atoms with E-state index in [0.717, 1.165) is 13.0 Å². The normalized spacial score (nSPS) is 30.7. The third kappa shape index (κ3) is 1.64. The predicted octanol–water partition coefficient (Wildman–Crippen LogP) is -0.658. The Hall–Kier alpha value is -0.120. The summed E-state index contributed by atoms with van der Waals surface area (Å²) in [5.41, 5.74) is 5.25. The maximum absolute atomic E-state index is 9.15. The molecule has 1 unspecified atom stereocenters. The highest BCUT2D eigenvalue weighted by Gasteiger charge is 2.22. The molecule has 0 amide bonds. The first-order valence-electron chi connectivity index (χ1n) is 3.30. The second-order valence-electron chi connectivity index (χ2n) is 2.43. The molecule has 3 nitrogen and oxygen atoms in total. The molecule has 0 aromatic rings. The van der Waals surface area contributed by atoms with Gasteiger partial charge in [0.15, 0.2) is 0 Å². The van der Waals surface area contributed by atoms with Crippen molar-refractivity contribution in [1.29, 1.82) is 0 Å². The number of aliphatic hydroxyl groups excluding tert-OH is 1. The van der Waals surface area contributed by atoms with Crippen LogP contribution in [0.1, 0.15) is 6.42 Å². The van der Waals surface area contributed by atoms with Gasteiger partial charge in [-0.1, -0.05) is 0 Å². The fourth-order valence-electron chi connectivity index (χ4n) is 1.05. The Balaban J connectivity index is 2.24. The SMILES string of the molecule is NC[C@@H](O)C1CCOC1. The zero-order valence-electron chi connectivity index (χ0n) is 5.42. The largest absolute Gasteiger partial charge is 0.391 e. The molecule has 1 heterocycles. The summed E-state index contributed by atoms with van der Waals surface area (Å²) in [6.45, 7) is 1.81. The first-order valence-corrected chi connectivity index (χ1v) is 3.30. The Morgan fingerprint density at radius 3 is 3.00 bits per heavy atom. The Bertz CT molecular complexity index is 81.1. The number of aliphatic hydroxyl groups is 1.